The van der Waals surface area contributed by atoms with Crippen molar-refractivity contribution < 1.29 is 23.2 Å². The highest BCUT2D eigenvalue weighted by molar-refractivity contribution is 6.30. The van der Waals surface area contributed by atoms with E-state index >= 15 is 0 Å². The lowest BCUT2D eigenvalue weighted by molar-refractivity contribution is -0.123. The van der Waals surface area contributed by atoms with Gasteiger partial charge in [-0.15, -0.1) is 0 Å². The highest BCUT2D eigenvalue weighted by Crippen LogP contribution is 2.20. The molecule has 2 N–H and O–H groups in total. The Hall–Kier alpha value is -2.87. The van der Waals surface area contributed by atoms with Crippen molar-refractivity contribution in [3.05, 3.63) is 58.8 Å². The molecule has 2 amide bonds. The second-order valence-corrected chi connectivity index (χ2v) is 5.75. The van der Waals surface area contributed by atoms with Crippen LogP contribution in [0.3, 0.4) is 0 Å². The first kappa shape index (κ1) is 19.5. The minimum Gasteiger partial charge on any atom is -0.484 e. The fourth-order valence-electron chi connectivity index (χ4n) is 1.88. The van der Waals surface area contributed by atoms with E-state index in [0.29, 0.717) is 17.9 Å². The zero-order chi connectivity index (χ0) is 19.1. The molecule has 1 heterocycles. The summed E-state index contributed by atoms with van der Waals surface area (Å²) < 4.78 is 23.2. The van der Waals surface area contributed by atoms with Gasteiger partial charge in [0.05, 0.1) is 5.02 Å². The number of aromatic nitrogens is 1. The monoisotopic (exact) mass is 381 g/mol. The van der Waals surface area contributed by atoms with Crippen LogP contribution in [0.2, 0.25) is 5.02 Å². The number of ether oxygens (including phenoxy) is 1. The number of nitrogens with one attached hydrogen (secondary N) is 2. The van der Waals surface area contributed by atoms with Gasteiger partial charge in [-0.2, -0.15) is 0 Å². The summed E-state index contributed by atoms with van der Waals surface area (Å²) in [5.74, 6) is -0.743. The molecule has 0 atom stereocenters. The molecule has 7 nitrogen and oxygen atoms in total. The maximum Gasteiger partial charge on any atom is 0.277 e. The average molecular weight is 382 g/mol. The van der Waals surface area contributed by atoms with Gasteiger partial charge in [-0.25, -0.2) is 4.39 Å². The van der Waals surface area contributed by atoms with Gasteiger partial charge >= 0.3 is 0 Å². The predicted octanol–water partition coefficient (Wildman–Crippen LogP) is 2.60. The first-order chi connectivity index (χ1) is 12.3. The van der Waals surface area contributed by atoms with E-state index in [2.05, 4.69) is 22.4 Å². The number of hydrogen-bond donors (Lipinski definition) is 2. The first-order valence-electron chi connectivity index (χ1n) is 7.62. The average Bonchev–Trinajstić information content (AvgIpc) is 3.02. The zero-order valence-electron chi connectivity index (χ0n) is 14.0. The van der Waals surface area contributed by atoms with Gasteiger partial charge in [0.25, 0.3) is 11.8 Å². The third-order valence-electron chi connectivity index (χ3n) is 3.16. The zero-order valence-corrected chi connectivity index (χ0v) is 14.7. The number of rotatable bonds is 8. The minimum atomic E-state index is -0.626. The van der Waals surface area contributed by atoms with E-state index < -0.39 is 17.6 Å². The summed E-state index contributed by atoms with van der Waals surface area (Å²) in [4.78, 5) is 23.5. The molecule has 9 heteroatoms. The van der Waals surface area contributed by atoms with E-state index in [1.54, 1.807) is 6.92 Å². The van der Waals surface area contributed by atoms with Gasteiger partial charge in [-0.3, -0.25) is 9.59 Å². The molecule has 0 unspecified atom stereocenters. The molecule has 0 radical (unpaired) electrons. The van der Waals surface area contributed by atoms with Crippen LogP contribution in [0.15, 0.2) is 41.1 Å². The van der Waals surface area contributed by atoms with Crippen molar-refractivity contribution in [2.75, 3.05) is 13.2 Å². The molecule has 0 aliphatic heterocycles. The van der Waals surface area contributed by atoms with Crippen LogP contribution in [0.25, 0.3) is 0 Å². The van der Waals surface area contributed by atoms with Crippen LogP contribution in [0.1, 0.15) is 22.7 Å². The summed E-state index contributed by atoms with van der Waals surface area (Å²) in [7, 11) is 0. The van der Waals surface area contributed by atoms with Crippen LogP contribution >= 0.6 is 11.6 Å². The van der Waals surface area contributed by atoms with Crippen molar-refractivity contribution in [1.82, 2.24) is 15.8 Å². The molecule has 0 bridgehead atoms. The molecule has 1 aromatic heterocycles. The number of amides is 2. The maximum atomic E-state index is 13.3. The van der Waals surface area contributed by atoms with Crippen molar-refractivity contribution in [2.24, 2.45) is 0 Å². The minimum absolute atomic E-state index is 0.0249. The van der Waals surface area contributed by atoms with Crippen molar-refractivity contribution >= 4 is 23.4 Å². The Morgan fingerprint density at radius 2 is 2.15 bits per heavy atom. The number of carbonyl (C=O) groups excluding carboxylic acids is 2. The standard InChI is InChI=1S/C17H17ClFN3O4/c1-10(21-17(24)15-7-11(2)26-22-15)5-6-20-16(23)9-25-12-3-4-13(18)14(19)8-12/h3-4,7-8H,1,5-6,9H2,2H3,(H,20,23)(H,21,24). The Bertz CT molecular complexity index is 822. The van der Waals surface area contributed by atoms with Crippen molar-refractivity contribution in [2.45, 2.75) is 13.3 Å². The summed E-state index contributed by atoms with van der Waals surface area (Å²) in [6, 6.07) is 5.40. The molecular formula is C17H17ClFN3O4. The summed E-state index contributed by atoms with van der Waals surface area (Å²) in [6.07, 6.45) is 0.323. The van der Waals surface area contributed by atoms with Crippen LogP contribution in [0.5, 0.6) is 5.75 Å². The van der Waals surface area contributed by atoms with Gasteiger partial charge in [-0.1, -0.05) is 23.3 Å². The second kappa shape index (κ2) is 9.00. The molecule has 0 aliphatic carbocycles. The number of nitrogens with zero attached hydrogens (tertiary/aromatic N) is 1. The number of benzene rings is 1. The molecule has 138 valence electrons. The molecule has 26 heavy (non-hydrogen) atoms. The number of halogens is 2. The fourth-order valence-corrected chi connectivity index (χ4v) is 2.00. The fraction of sp³-hybridized carbons (Fsp3) is 0.235. The third kappa shape index (κ3) is 5.89. The molecule has 0 spiro atoms. The number of hydrogen-bond acceptors (Lipinski definition) is 5. The van der Waals surface area contributed by atoms with E-state index in [1.807, 2.05) is 0 Å². The number of carbonyl (C=O) groups is 2. The Morgan fingerprint density at radius 3 is 2.81 bits per heavy atom. The van der Waals surface area contributed by atoms with E-state index in [0.717, 1.165) is 6.07 Å². The van der Waals surface area contributed by atoms with E-state index in [9.17, 15) is 14.0 Å². The molecular weight excluding hydrogens is 365 g/mol. The van der Waals surface area contributed by atoms with Crippen LogP contribution in [-0.2, 0) is 4.79 Å². The van der Waals surface area contributed by atoms with Gasteiger partial charge in [0.1, 0.15) is 17.3 Å². The van der Waals surface area contributed by atoms with E-state index in [1.165, 1.54) is 18.2 Å². The van der Waals surface area contributed by atoms with Crippen LogP contribution in [0, 0.1) is 12.7 Å². The Balaban J connectivity index is 1.66. The molecule has 0 aliphatic rings. The Labute approximate surface area is 154 Å². The molecule has 1 aromatic carbocycles. The Morgan fingerprint density at radius 1 is 1.38 bits per heavy atom. The largest absolute Gasteiger partial charge is 0.484 e. The summed E-state index contributed by atoms with van der Waals surface area (Å²) >= 11 is 5.56. The lowest BCUT2D eigenvalue weighted by Gasteiger charge is -2.09. The van der Waals surface area contributed by atoms with Crippen molar-refractivity contribution in [1.29, 1.82) is 0 Å². The topological polar surface area (TPSA) is 93.5 Å². The lowest BCUT2D eigenvalue weighted by Crippen LogP contribution is -2.31. The SMILES string of the molecule is C=C(CCNC(=O)COc1ccc(Cl)c(F)c1)NC(=O)c1cc(C)on1. The number of aryl methyl sites for hydroxylation is 1. The highest BCUT2D eigenvalue weighted by atomic mass is 35.5. The third-order valence-corrected chi connectivity index (χ3v) is 3.47. The molecule has 0 fully saturated rings. The van der Waals surface area contributed by atoms with Gasteiger partial charge in [0.15, 0.2) is 12.3 Å². The van der Waals surface area contributed by atoms with Crippen molar-refractivity contribution in [3.8, 4) is 5.75 Å². The van der Waals surface area contributed by atoms with E-state index in [-0.39, 0.29) is 29.6 Å². The summed E-state index contributed by atoms with van der Waals surface area (Å²) in [5, 5.41) is 8.72. The summed E-state index contributed by atoms with van der Waals surface area (Å²) in [6.45, 7) is 5.35. The Kier molecular flexibility index (Phi) is 6.74. The van der Waals surface area contributed by atoms with Gasteiger partial charge < -0.3 is 19.9 Å². The molecule has 2 rings (SSSR count). The van der Waals surface area contributed by atoms with Crippen LogP contribution in [-0.4, -0.2) is 30.1 Å². The van der Waals surface area contributed by atoms with Gasteiger partial charge in [0.2, 0.25) is 0 Å². The molecule has 0 saturated heterocycles. The predicted molar refractivity (Wildman–Crippen MR) is 92.4 cm³/mol. The summed E-state index contributed by atoms with van der Waals surface area (Å²) in [5.41, 5.74) is 0.563. The van der Waals surface area contributed by atoms with Crippen molar-refractivity contribution in [3.63, 3.8) is 0 Å². The van der Waals surface area contributed by atoms with E-state index in [4.69, 9.17) is 20.9 Å². The smallest absolute Gasteiger partial charge is 0.277 e. The highest BCUT2D eigenvalue weighted by Gasteiger charge is 2.12. The maximum absolute atomic E-state index is 13.3. The van der Waals surface area contributed by atoms with Crippen LogP contribution < -0.4 is 15.4 Å². The first-order valence-corrected chi connectivity index (χ1v) is 8.00. The normalized spacial score (nSPS) is 10.3. The van der Waals surface area contributed by atoms with Gasteiger partial charge in [-0.05, 0) is 19.1 Å². The molecule has 2 aromatic rings. The van der Waals surface area contributed by atoms with Crippen LogP contribution in [0.4, 0.5) is 4.39 Å². The lowest BCUT2D eigenvalue weighted by atomic mass is 10.3. The quantitative estimate of drug-likeness (QED) is 0.733. The van der Waals surface area contributed by atoms with Gasteiger partial charge in [0, 0.05) is 30.8 Å². The second-order valence-electron chi connectivity index (χ2n) is 5.35. The molecule has 0 saturated carbocycles.